The minimum Gasteiger partial charge on any atom is -0.292 e. The maximum absolute atomic E-state index is 12.4. The van der Waals surface area contributed by atoms with E-state index in [-0.39, 0.29) is 12.3 Å². The zero-order valence-corrected chi connectivity index (χ0v) is 15.0. The first kappa shape index (κ1) is 17.0. The highest BCUT2D eigenvalue weighted by Gasteiger charge is 2.36. The molecule has 0 aliphatic carbocycles. The average molecular weight is 378 g/mol. The topological polar surface area (TPSA) is 54.5 Å². The highest BCUT2D eigenvalue weighted by atomic mass is 35.5. The van der Waals surface area contributed by atoms with Crippen LogP contribution in [0.2, 0.25) is 5.02 Å². The minimum atomic E-state index is -0.430. The van der Waals surface area contributed by atoms with Crippen molar-refractivity contribution >= 4 is 57.7 Å². The number of benzene rings is 1. The number of imide groups is 1. The first-order chi connectivity index (χ1) is 11.5. The molecule has 7 heteroatoms. The number of carbonyl (C=O) groups is 3. The number of hydrogen-bond acceptors (Lipinski definition) is 5. The number of thiophene rings is 1. The molecule has 1 saturated heterocycles. The molecule has 1 aliphatic rings. The van der Waals surface area contributed by atoms with Crippen LogP contribution in [0.1, 0.15) is 20.8 Å². The van der Waals surface area contributed by atoms with E-state index in [0.29, 0.717) is 15.5 Å². The molecular weight excluding hydrogens is 366 g/mol. The van der Waals surface area contributed by atoms with Gasteiger partial charge in [0.25, 0.3) is 11.1 Å². The summed E-state index contributed by atoms with van der Waals surface area (Å²) in [5.74, 6) is -0.734. The highest BCUT2D eigenvalue weighted by molar-refractivity contribution is 8.18. The van der Waals surface area contributed by atoms with Crippen molar-refractivity contribution in [2.75, 3.05) is 6.54 Å². The molecule has 24 heavy (non-hydrogen) atoms. The molecule has 1 aromatic carbocycles. The molecule has 0 saturated carbocycles. The predicted molar refractivity (Wildman–Crippen MR) is 97.5 cm³/mol. The van der Waals surface area contributed by atoms with Gasteiger partial charge in [-0.1, -0.05) is 11.6 Å². The molecule has 0 radical (unpaired) electrons. The van der Waals surface area contributed by atoms with Gasteiger partial charge in [0, 0.05) is 15.5 Å². The molecular formula is C17H12ClNO3S2. The van der Waals surface area contributed by atoms with Crippen molar-refractivity contribution in [2.24, 2.45) is 0 Å². The van der Waals surface area contributed by atoms with Gasteiger partial charge in [-0.25, -0.2) is 0 Å². The first-order valence-corrected chi connectivity index (χ1v) is 9.11. The van der Waals surface area contributed by atoms with Crippen LogP contribution in [0, 0.1) is 6.92 Å². The zero-order valence-electron chi connectivity index (χ0n) is 12.6. The molecule has 2 amide bonds. The van der Waals surface area contributed by atoms with Crippen molar-refractivity contribution in [2.45, 2.75) is 6.92 Å². The van der Waals surface area contributed by atoms with Gasteiger partial charge in [-0.3, -0.25) is 19.3 Å². The number of nitrogens with zero attached hydrogens (tertiary/aromatic N) is 1. The summed E-state index contributed by atoms with van der Waals surface area (Å²) in [5.41, 5.74) is 1.46. The Bertz CT molecular complexity index is 855. The summed E-state index contributed by atoms with van der Waals surface area (Å²) in [4.78, 5) is 39.0. The zero-order chi connectivity index (χ0) is 17.3. The molecule has 3 rings (SSSR count). The van der Waals surface area contributed by atoms with Crippen molar-refractivity contribution in [3.8, 4) is 0 Å². The lowest BCUT2D eigenvalue weighted by Crippen LogP contribution is -2.33. The molecule has 1 aromatic heterocycles. The second kappa shape index (κ2) is 6.93. The Morgan fingerprint density at radius 1 is 1.21 bits per heavy atom. The van der Waals surface area contributed by atoms with Gasteiger partial charge >= 0.3 is 0 Å². The highest BCUT2D eigenvalue weighted by Crippen LogP contribution is 2.33. The molecule has 4 nitrogen and oxygen atoms in total. The Hall–Kier alpha value is -1.89. The van der Waals surface area contributed by atoms with Gasteiger partial charge in [0.2, 0.25) is 0 Å². The lowest BCUT2D eigenvalue weighted by molar-refractivity contribution is -0.122. The van der Waals surface area contributed by atoms with Crippen LogP contribution in [0.4, 0.5) is 4.79 Å². The molecule has 0 atom stereocenters. The summed E-state index contributed by atoms with van der Waals surface area (Å²) >= 11 is 8.15. The first-order valence-electron chi connectivity index (χ1n) is 7.04. The van der Waals surface area contributed by atoms with Crippen molar-refractivity contribution in [3.05, 3.63) is 61.6 Å². The Morgan fingerprint density at radius 2 is 1.92 bits per heavy atom. The van der Waals surface area contributed by atoms with Crippen LogP contribution in [0.25, 0.3) is 6.08 Å². The Balaban J connectivity index is 1.77. The molecule has 0 bridgehead atoms. The lowest BCUT2D eigenvalue weighted by atomic mass is 10.1. The Kier molecular flexibility index (Phi) is 4.89. The largest absolute Gasteiger partial charge is 0.293 e. The Morgan fingerprint density at radius 3 is 2.54 bits per heavy atom. The standard InChI is InChI=1S/C17H12ClNO3S2/c1-10-6-7-23-14(10)8-15-16(21)19(17(22)24-15)9-13(20)11-2-4-12(18)5-3-11/h2-8H,9H2,1H3/b15-8+. The van der Waals surface area contributed by atoms with Gasteiger partial charge in [-0.2, -0.15) is 0 Å². The number of aryl methyl sites for hydroxylation is 1. The van der Waals surface area contributed by atoms with E-state index in [1.54, 1.807) is 30.3 Å². The number of carbonyl (C=O) groups excluding carboxylic acids is 3. The van der Waals surface area contributed by atoms with E-state index in [2.05, 4.69) is 0 Å². The monoisotopic (exact) mass is 377 g/mol. The number of amides is 2. The van der Waals surface area contributed by atoms with Crippen LogP contribution in [0.5, 0.6) is 0 Å². The molecule has 0 spiro atoms. The van der Waals surface area contributed by atoms with Crippen LogP contribution < -0.4 is 0 Å². The third-order valence-electron chi connectivity index (χ3n) is 3.51. The van der Waals surface area contributed by atoms with E-state index in [1.807, 2.05) is 18.4 Å². The molecule has 0 N–H and O–H groups in total. The fraction of sp³-hybridized carbons (Fsp3) is 0.118. The lowest BCUT2D eigenvalue weighted by Gasteiger charge is -2.11. The van der Waals surface area contributed by atoms with E-state index < -0.39 is 11.1 Å². The summed E-state index contributed by atoms with van der Waals surface area (Å²) in [6.45, 7) is 1.67. The van der Waals surface area contributed by atoms with E-state index in [0.717, 1.165) is 27.1 Å². The Labute approximate surface area is 152 Å². The van der Waals surface area contributed by atoms with Gasteiger partial charge in [0.05, 0.1) is 11.4 Å². The molecule has 0 unspecified atom stereocenters. The van der Waals surface area contributed by atoms with Crippen molar-refractivity contribution < 1.29 is 14.4 Å². The quantitative estimate of drug-likeness (QED) is 0.575. The third-order valence-corrected chi connectivity index (χ3v) is 5.63. The van der Waals surface area contributed by atoms with Crippen molar-refractivity contribution in [3.63, 3.8) is 0 Å². The van der Waals surface area contributed by atoms with Crippen LogP contribution in [-0.2, 0) is 4.79 Å². The van der Waals surface area contributed by atoms with Gasteiger partial charge in [-0.05, 0) is 66.0 Å². The fourth-order valence-electron chi connectivity index (χ4n) is 2.16. The van der Waals surface area contributed by atoms with Crippen LogP contribution in [-0.4, -0.2) is 28.4 Å². The molecule has 1 aliphatic heterocycles. The molecule has 2 heterocycles. The van der Waals surface area contributed by atoms with Gasteiger partial charge in [-0.15, -0.1) is 11.3 Å². The number of thioether (sulfide) groups is 1. The van der Waals surface area contributed by atoms with Crippen LogP contribution >= 0.6 is 34.7 Å². The van der Waals surface area contributed by atoms with Crippen LogP contribution in [0.3, 0.4) is 0 Å². The van der Waals surface area contributed by atoms with Crippen molar-refractivity contribution in [1.82, 2.24) is 4.90 Å². The maximum Gasteiger partial charge on any atom is 0.293 e. The summed E-state index contributed by atoms with van der Waals surface area (Å²) < 4.78 is 0. The number of ketones is 1. The van der Waals surface area contributed by atoms with Gasteiger partial charge in [0.1, 0.15) is 0 Å². The maximum atomic E-state index is 12.4. The molecule has 122 valence electrons. The third kappa shape index (κ3) is 3.45. The number of Topliss-reactive ketones (excluding diaryl/α,β-unsaturated/α-hetero) is 1. The van der Waals surface area contributed by atoms with E-state index in [4.69, 9.17) is 11.6 Å². The van der Waals surface area contributed by atoms with Gasteiger partial charge in [0.15, 0.2) is 5.78 Å². The number of rotatable bonds is 4. The smallest absolute Gasteiger partial charge is 0.292 e. The summed E-state index contributed by atoms with van der Waals surface area (Å²) in [6.07, 6.45) is 1.71. The molecule has 2 aromatic rings. The van der Waals surface area contributed by atoms with Gasteiger partial charge < -0.3 is 0 Å². The summed E-state index contributed by atoms with van der Waals surface area (Å²) in [6, 6.07) is 8.30. The second-order valence-electron chi connectivity index (χ2n) is 5.17. The van der Waals surface area contributed by atoms with E-state index in [9.17, 15) is 14.4 Å². The second-order valence-corrected chi connectivity index (χ2v) is 7.54. The summed E-state index contributed by atoms with van der Waals surface area (Å²) in [5, 5.41) is 2.02. The average Bonchev–Trinajstić information content (AvgIpc) is 3.07. The SMILES string of the molecule is Cc1ccsc1/C=C1/SC(=O)N(CC(=O)c2ccc(Cl)cc2)C1=O. The van der Waals surface area contributed by atoms with Crippen molar-refractivity contribution in [1.29, 1.82) is 0 Å². The predicted octanol–water partition coefficient (Wildman–Crippen LogP) is 4.63. The number of halogens is 1. The van der Waals surface area contributed by atoms with Crippen LogP contribution in [0.15, 0.2) is 40.6 Å². The van der Waals surface area contributed by atoms with E-state index >= 15 is 0 Å². The summed E-state index contributed by atoms with van der Waals surface area (Å²) in [7, 11) is 0. The number of hydrogen-bond donors (Lipinski definition) is 0. The normalized spacial score (nSPS) is 16.2. The van der Waals surface area contributed by atoms with E-state index in [1.165, 1.54) is 11.3 Å². The molecule has 1 fully saturated rings. The fourth-order valence-corrected chi connectivity index (χ4v) is 4.04. The minimum absolute atomic E-state index is 0.271.